The highest BCUT2D eigenvalue weighted by Crippen LogP contribution is 2.12. The fraction of sp³-hybridized carbons (Fsp3) is 1.00. The third-order valence-corrected chi connectivity index (χ3v) is 2.29. The van der Waals surface area contributed by atoms with Gasteiger partial charge in [0.2, 0.25) is 0 Å². The van der Waals surface area contributed by atoms with E-state index in [4.69, 9.17) is 4.74 Å². The molecule has 0 aromatic rings. The van der Waals surface area contributed by atoms with Crippen molar-refractivity contribution in [3.8, 4) is 0 Å². The maximum absolute atomic E-state index is 5.63. The molecule has 1 N–H and O–H groups in total. The summed E-state index contributed by atoms with van der Waals surface area (Å²) in [4.78, 5) is 0. The highest BCUT2D eigenvalue weighted by atomic mass is 16.5. The third kappa shape index (κ3) is 4.63. The Labute approximate surface area is 83.1 Å². The molecule has 1 aliphatic heterocycles. The van der Waals surface area contributed by atoms with E-state index < -0.39 is 0 Å². The molecule has 1 fully saturated rings. The lowest BCUT2D eigenvalue weighted by molar-refractivity contribution is -0.00800. The van der Waals surface area contributed by atoms with Crippen molar-refractivity contribution < 1.29 is 4.74 Å². The quantitative estimate of drug-likeness (QED) is 0.733. The minimum atomic E-state index is 0.462. The Morgan fingerprint density at radius 3 is 2.54 bits per heavy atom. The molecule has 0 bridgehead atoms. The number of hydrogen-bond donors (Lipinski definition) is 1. The van der Waals surface area contributed by atoms with Gasteiger partial charge in [0.15, 0.2) is 0 Å². The summed E-state index contributed by atoms with van der Waals surface area (Å²) in [7, 11) is 0. The van der Waals surface area contributed by atoms with Crippen molar-refractivity contribution in [1.82, 2.24) is 5.32 Å². The van der Waals surface area contributed by atoms with Gasteiger partial charge in [-0.05, 0) is 12.8 Å². The summed E-state index contributed by atoms with van der Waals surface area (Å²) in [6.07, 6.45) is 4.09. The van der Waals surface area contributed by atoms with Crippen LogP contribution in [0.5, 0.6) is 0 Å². The van der Waals surface area contributed by atoms with Gasteiger partial charge in [-0.2, -0.15) is 0 Å². The minimum Gasteiger partial charge on any atom is -0.375 e. The van der Waals surface area contributed by atoms with E-state index in [9.17, 15) is 0 Å². The molecule has 1 rings (SSSR count). The summed E-state index contributed by atoms with van der Waals surface area (Å²) >= 11 is 0. The van der Waals surface area contributed by atoms with Gasteiger partial charge in [0.1, 0.15) is 0 Å². The van der Waals surface area contributed by atoms with Crippen LogP contribution in [0.4, 0.5) is 0 Å². The number of hydrogen-bond acceptors (Lipinski definition) is 2. The first kappa shape index (κ1) is 12.9. The molecule has 0 radical (unpaired) electrons. The molecule has 0 aromatic heterocycles. The van der Waals surface area contributed by atoms with Crippen LogP contribution >= 0.6 is 0 Å². The second-order valence-corrected chi connectivity index (χ2v) is 3.17. The van der Waals surface area contributed by atoms with Gasteiger partial charge < -0.3 is 10.1 Å². The first-order chi connectivity index (χ1) is 6.38. The summed E-state index contributed by atoms with van der Waals surface area (Å²) in [5.74, 6) is 0. The molecule has 1 saturated heterocycles. The van der Waals surface area contributed by atoms with Gasteiger partial charge in [0.05, 0.1) is 12.7 Å². The maximum Gasteiger partial charge on any atom is 0.0726 e. The standard InChI is InChI=1S/C9H19NO.C2H6/c1-3-5-8-9(4-2)11-7-6-10-8;1-2/h8-10H,3-7H2,1-2H3;1-2H3. The Bertz CT molecular complexity index is 104. The molecule has 13 heavy (non-hydrogen) atoms. The van der Waals surface area contributed by atoms with Gasteiger partial charge in [-0.3, -0.25) is 0 Å². The largest absolute Gasteiger partial charge is 0.375 e. The summed E-state index contributed by atoms with van der Waals surface area (Å²) in [6, 6.07) is 0.610. The Kier molecular flexibility index (Phi) is 8.46. The highest BCUT2D eigenvalue weighted by molar-refractivity contribution is 4.79. The van der Waals surface area contributed by atoms with Crippen LogP contribution < -0.4 is 5.32 Å². The second-order valence-electron chi connectivity index (χ2n) is 3.17. The van der Waals surface area contributed by atoms with Gasteiger partial charge in [0.25, 0.3) is 0 Å². The second kappa shape index (κ2) is 8.52. The summed E-state index contributed by atoms with van der Waals surface area (Å²) in [5.41, 5.74) is 0. The lowest BCUT2D eigenvalue weighted by Crippen LogP contribution is -2.47. The smallest absolute Gasteiger partial charge is 0.0726 e. The van der Waals surface area contributed by atoms with Crippen LogP contribution in [0.25, 0.3) is 0 Å². The predicted octanol–water partition coefficient (Wildman–Crippen LogP) is 2.58. The molecular formula is C11H25NO. The number of rotatable bonds is 3. The van der Waals surface area contributed by atoms with Gasteiger partial charge in [-0.1, -0.05) is 34.1 Å². The van der Waals surface area contributed by atoms with Crippen molar-refractivity contribution in [3.63, 3.8) is 0 Å². The number of nitrogens with one attached hydrogen (secondary N) is 1. The van der Waals surface area contributed by atoms with Crippen LogP contribution in [-0.4, -0.2) is 25.3 Å². The Morgan fingerprint density at radius 2 is 2.00 bits per heavy atom. The van der Waals surface area contributed by atoms with Crippen molar-refractivity contribution >= 4 is 0 Å². The zero-order valence-corrected chi connectivity index (χ0v) is 9.60. The molecule has 2 nitrogen and oxygen atoms in total. The van der Waals surface area contributed by atoms with Crippen molar-refractivity contribution in [2.45, 2.75) is 59.1 Å². The van der Waals surface area contributed by atoms with Crippen molar-refractivity contribution in [3.05, 3.63) is 0 Å². The molecule has 0 aromatic carbocycles. The van der Waals surface area contributed by atoms with Gasteiger partial charge in [-0.25, -0.2) is 0 Å². The van der Waals surface area contributed by atoms with E-state index in [0.29, 0.717) is 12.1 Å². The van der Waals surface area contributed by atoms with E-state index in [1.54, 1.807) is 0 Å². The molecule has 1 heterocycles. The molecule has 1 aliphatic rings. The molecule has 2 unspecified atom stereocenters. The SMILES string of the molecule is CC.CCCC1NCCOC1CC. The molecular weight excluding hydrogens is 162 g/mol. The van der Waals surface area contributed by atoms with E-state index in [0.717, 1.165) is 19.6 Å². The lowest BCUT2D eigenvalue weighted by Gasteiger charge is -2.32. The van der Waals surface area contributed by atoms with E-state index >= 15 is 0 Å². The lowest BCUT2D eigenvalue weighted by atomic mass is 10.0. The average Bonchev–Trinajstić information content (AvgIpc) is 2.22. The Hall–Kier alpha value is -0.0800. The van der Waals surface area contributed by atoms with Crippen molar-refractivity contribution in [1.29, 1.82) is 0 Å². The third-order valence-electron chi connectivity index (χ3n) is 2.29. The van der Waals surface area contributed by atoms with E-state index in [-0.39, 0.29) is 0 Å². The molecule has 0 saturated carbocycles. The fourth-order valence-corrected chi connectivity index (χ4v) is 1.70. The van der Waals surface area contributed by atoms with Crippen LogP contribution in [0, 0.1) is 0 Å². The molecule has 0 spiro atoms. The predicted molar refractivity (Wildman–Crippen MR) is 58.1 cm³/mol. The Morgan fingerprint density at radius 1 is 1.31 bits per heavy atom. The van der Waals surface area contributed by atoms with E-state index in [2.05, 4.69) is 19.2 Å². The normalized spacial score (nSPS) is 27.7. The minimum absolute atomic E-state index is 0.462. The monoisotopic (exact) mass is 187 g/mol. The Balaban J connectivity index is 0.000000671. The summed E-state index contributed by atoms with van der Waals surface area (Å²) < 4.78 is 5.63. The van der Waals surface area contributed by atoms with Crippen molar-refractivity contribution in [2.24, 2.45) is 0 Å². The molecule has 0 aliphatic carbocycles. The summed E-state index contributed by atoms with van der Waals surface area (Å²) in [6.45, 7) is 10.3. The van der Waals surface area contributed by atoms with E-state index in [1.807, 2.05) is 13.8 Å². The van der Waals surface area contributed by atoms with E-state index in [1.165, 1.54) is 12.8 Å². The highest BCUT2D eigenvalue weighted by Gasteiger charge is 2.22. The summed E-state index contributed by atoms with van der Waals surface area (Å²) in [5, 5.41) is 3.50. The zero-order valence-electron chi connectivity index (χ0n) is 9.60. The maximum atomic E-state index is 5.63. The number of morpholine rings is 1. The van der Waals surface area contributed by atoms with Gasteiger partial charge >= 0.3 is 0 Å². The van der Waals surface area contributed by atoms with Crippen LogP contribution in [0.3, 0.4) is 0 Å². The fourth-order valence-electron chi connectivity index (χ4n) is 1.70. The average molecular weight is 187 g/mol. The first-order valence-corrected chi connectivity index (χ1v) is 5.73. The van der Waals surface area contributed by atoms with Crippen LogP contribution in [-0.2, 0) is 4.74 Å². The van der Waals surface area contributed by atoms with Crippen LogP contribution in [0.15, 0.2) is 0 Å². The molecule has 2 atom stereocenters. The zero-order chi connectivity index (χ0) is 10.1. The molecule has 0 amide bonds. The van der Waals surface area contributed by atoms with Crippen LogP contribution in [0.2, 0.25) is 0 Å². The molecule has 80 valence electrons. The molecule has 2 heteroatoms. The number of ether oxygens (including phenoxy) is 1. The topological polar surface area (TPSA) is 21.3 Å². The van der Waals surface area contributed by atoms with Crippen LogP contribution in [0.1, 0.15) is 47.0 Å². The van der Waals surface area contributed by atoms with Gasteiger partial charge in [0, 0.05) is 12.6 Å². The van der Waals surface area contributed by atoms with Gasteiger partial charge in [-0.15, -0.1) is 0 Å². The van der Waals surface area contributed by atoms with Crippen molar-refractivity contribution in [2.75, 3.05) is 13.2 Å². The first-order valence-electron chi connectivity index (χ1n) is 5.73.